The van der Waals surface area contributed by atoms with E-state index in [-0.39, 0.29) is 10.8 Å². The lowest BCUT2D eigenvalue weighted by Crippen LogP contribution is -2.06. The van der Waals surface area contributed by atoms with E-state index < -0.39 is 9.84 Å². The molecule has 2 rings (SSSR count). The van der Waals surface area contributed by atoms with Crippen LogP contribution in [0, 0.1) is 0 Å². The van der Waals surface area contributed by atoms with Crippen molar-refractivity contribution in [3.05, 3.63) is 30.0 Å². The third-order valence-corrected chi connectivity index (χ3v) is 2.75. The van der Waals surface area contributed by atoms with Gasteiger partial charge in [0.1, 0.15) is 6.26 Å². The molecule has 5 heteroatoms. The van der Waals surface area contributed by atoms with Crippen LogP contribution in [0.4, 0.5) is 0 Å². The number of fused-ring (bicyclic) bond motifs is 1. The van der Waals surface area contributed by atoms with E-state index in [1.165, 1.54) is 6.20 Å². The average Bonchev–Trinajstić information content (AvgIpc) is 2.04. The molecule has 62 valence electrons. The smallest absolute Gasteiger partial charge is 0.223 e. The molecule has 0 fully saturated rings. The number of hydrogen-bond donors (Lipinski definition) is 0. The van der Waals surface area contributed by atoms with Gasteiger partial charge in [0.2, 0.25) is 14.9 Å². The zero-order valence-electron chi connectivity index (χ0n) is 5.97. The second-order valence-electron chi connectivity index (χ2n) is 2.24. The van der Waals surface area contributed by atoms with Gasteiger partial charge in [-0.3, -0.25) is 0 Å². The standard InChI is InChI=1S/C7H5NO3S/c9-12(10)5-4-11-6-2-1-3-8-7(6)12/h1-5H. The Morgan fingerprint density at radius 1 is 1.42 bits per heavy atom. The maximum atomic E-state index is 11.2. The Kier molecular flexibility index (Phi) is 1.41. The molecule has 0 aliphatic carbocycles. The Morgan fingerprint density at radius 3 is 3.00 bits per heavy atom. The van der Waals surface area contributed by atoms with Gasteiger partial charge in [0.05, 0.1) is 5.41 Å². The summed E-state index contributed by atoms with van der Waals surface area (Å²) in [5.74, 6) is 0.278. The molecule has 0 bridgehead atoms. The molecule has 0 aromatic carbocycles. The molecular formula is C7H5NO3S. The van der Waals surface area contributed by atoms with E-state index >= 15 is 0 Å². The normalized spacial score (nSPS) is 18.0. The summed E-state index contributed by atoms with van der Waals surface area (Å²) in [6, 6.07) is 3.18. The zero-order chi connectivity index (χ0) is 8.60. The SMILES string of the molecule is O=S1(=O)C=COc2cccnc21. The van der Waals surface area contributed by atoms with Crippen molar-refractivity contribution in [2.45, 2.75) is 5.03 Å². The lowest BCUT2D eigenvalue weighted by molar-refractivity contribution is 0.454. The van der Waals surface area contributed by atoms with Crippen molar-refractivity contribution in [3.63, 3.8) is 0 Å². The topological polar surface area (TPSA) is 56.3 Å². The van der Waals surface area contributed by atoms with Crippen LogP contribution in [-0.4, -0.2) is 13.4 Å². The molecule has 1 aromatic rings. The van der Waals surface area contributed by atoms with E-state index in [9.17, 15) is 8.42 Å². The van der Waals surface area contributed by atoms with Gasteiger partial charge >= 0.3 is 0 Å². The van der Waals surface area contributed by atoms with Gasteiger partial charge in [0.25, 0.3) is 0 Å². The summed E-state index contributed by atoms with van der Waals surface area (Å²) in [4.78, 5) is 3.71. The highest BCUT2D eigenvalue weighted by Gasteiger charge is 2.21. The van der Waals surface area contributed by atoms with E-state index in [1.54, 1.807) is 12.1 Å². The van der Waals surface area contributed by atoms with Crippen molar-refractivity contribution >= 4 is 9.84 Å². The molecule has 1 aliphatic rings. The first kappa shape index (κ1) is 7.30. The van der Waals surface area contributed by atoms with E-state index in [0.717, 1.165) is 11.7 Å². The summed E-state index contributed by atoms with van der Waals surface area (Å²) in [6.07, 6.45) is 2.55. The Morgan fingerprint density at radius 2 is 2.25 bits per heavy atom. The fraction of sp³-hybridized carbons (Fsp3) is 0. The first-order valence-electron chi connectivity index (χ1n) is 3.23. The zero-order valence-corrected chi connectivity index (χ0v) is 6.78. The molecule has 1 aromatic heterocycles. The van der Waals surface area contributed by atoms with Crippen molar-refractivity contribution < 1.29 is 13.2 Å². The molecule has 12 heavy (non-hydrogen) atoms. The highest BCUT2D eigenvalue weighted by molar-refractivity contribution is 7.94. The average molecular weight is 183 g/mol. The summed E-state index contributed by atoms with van der Waals surface area (Å²) < 4.78 is 27.4. The summed E-state index contributed by atoms with van der Waals surface area (Å²) in [7, 11) is -3.36. The van der Waals surface area contributed by atoms with E-state index in [1.807, 2.05) is 0 Å². The Balaban J connectivity index is 2.75. The van der Waals surface area contributed by atoms with Crippen LogP contribution in [0.3, 0.4) is 0 Å². The van der Waals surface area contributed by atoms with Crippen molar-refractivity contribution in [1.82, 2.24) is 4.98 Å². The van der Waals surface area contributed by atoms with Crippen LogP contribution in [-0.2, 0) is 9.84 Å². The first-order valence-corrected chi connectivity index (χ1v) is 4.78. The minimum absolute atomic E-state index is 0.0208. The predicted octanol–water partition coefficient (Wildman–Crippen LogP) is 0.719. The fourth-order valence-electron chi connectivity index (χ4n) is 0.918. The van der Waals surface area contributed by atoms with Gasteiger partial charge in [-0.2, -0.15) is 0 Å². The predicted molar refractivity (Wildman–Crippen MR) is 41.2 cm³/mol. The van der Waals surface area contributed by atoms with Crippen molar-refractivity contribution in [2.75, 3.05) is 0 Å². The number of ether oxygens (including phenoxy) is 1. The summed E-state index contributed by atoms with van der Waals surface area (Å²) >= 11 is 0. The van der Waals surface area contributed by atoms with Crippen LogP contribution >= 0.6 is 0 Å². The Hall–Kier alpha value is -1.36. The van der Waals surface area contributed by atoms with Gasteiger partial charge in [-0.1, -0.05) is 0 Å². The number of aromatic nitrogens is 1. The molecule has 0 atom stereocenters. The summed E-state index contributed by atoms with van der Waals surface area (Å²) in [5.41, 5.74) is 0. The maximum absolute atomic E-state index is 11.2. The molecule has 4 nitrogen and oxygen atoms in total. The first-order chi connectivity index (χ1) is 5.70. The monoisotopic (exact) mass is 183 g/mol. The molecule has 0 N–H and O–H groups in total. The molecule has 0 radical (unpaired) electrons. The molecular weight excluding hydrogens is 178 g/mol. The largest absolute Gasteiger partial charge is 0.461 e. The third kappa shape index (κ3) is 0.984. The molecule has 0 spiro atoms. The van der Waals surface area contributed by atoms with E-state index in [0.29, 0.717) is 0 Å². The Bertz CT molecular complexity index is 436. The van der Waals surface area contributed by atoms with Crippen LogP contribution in [0.1, 0.15) is 0 Å². The highest BCUT2D eigenvalue weighted by Crippen LogP contribution is 2.25. The van der Waals surface area contributed by atoms with Gasteiger partial charge < -0.3 is 4.74 Å². The quantitative estimate of drug-likeness (QED) is 0.594. The molecule has 2 heterocycles. The van der Waals surface area contributed by atoms with Crippen LogP contribution in [0.2, 0.25) is 0 Å². The minimum Gasteiger partial charge on any atom is -0.461 e. The number of sulfone groups is 1. The number of nitrogens with zero attached hydrogens (tertiary/aromatic N) is 1. The van der Waals surface area contributed by atoms with Crippen molar-refractivity contribution in [3.8, 4) is 5.75 Å². The van der Waals surface area contributed by atoms with Gasteiger partial charge in [0, 0.05) is 6.20 Å². The lowest BCUT2D eigenvalue weighted by atomic mass is 10.5. The van der Waals surface area contributed by atoms with E-state index in [2.05, 4.69) is 4.98 Å². The van der Waals surface area contributed by atoms with Crippen molar-refractivity contribution in [1.29, 1.82) is 0 Å². The second kappa shape index (κ2) is 2.31. The van der Waals surface area contributed by atoms with Crippen LogP contribution in [0.5, 0.6) is 5.75 Å². The number of hydrogen-bond acceptors (Lipinski definition) is 4. The second-order valence-corrected chi connectivity index (χ2v) is 3.99. The van der Waals surface area contributed by atoms with Gasteiger partial charge in [-0.25, -0.2) is 13.4 Å². The van der Waals surface area contributed by atoms with Crippen molar-refractivity contribution in [2.24, 2.45) is 0 Å². The lowest BCUT2D eigenvalue weighted by Gasteiger charge is -2.09. The van der Waals surface area contributed by atoms with Crippen LogP contribution in [0.25, 0.3) is 0 Å². The highest BCUT2D eigenvalue weighted by atomic mass is 32.2. The summed E-state index contributed by atoms with van der Waals surface area (Å²) in [5, 5.41) is 0.968. The van der Waals surface area contributed by atoms with Gasteiger partial charge in [-0.05, 0) is 12.1 Å². The van der Waals surface area contributed by atoms with E-state index in [4.69, 9.17) is 4.74 Å². The molecule has 1 aliphatic heterocycles. The molecule has 0 saturated carbocycles. The van der Waals surface area contributed by atoms with Gasteiger partial charge in [-0.15, -0.1) is 0 Å². The third-order valence-electron chi connectivity index (χ3n) is 1.44. The van der Waals surface area contributed by atoms with Crippen LogP contribution < -0.4 is 4.74 Å². The molecule has 0 unspecified atom stereocenters. The summed E-state index contributed by atoms with van der Waals surface area (Å²) in [6.45, 7) is 0. The maximum Gasteiger partial charge on any atom is 0.223 e. The Labute approximate surface area is 69.4 Å². The molecule has 0 amide bonds. The number of rotatable bonds is 0. The van der Waals surface area contributed by atoms with Crippen LogP contribution in [0.15, 0.2) is 35.0 Å². The molecule has 0 saturated heterocycles. The fourth-order valence-corrected chi connectivity index (χ4v) is 1.85. The minimum atomic E-state index is -3.36. The number of pyridine rings is 1. The van der Waals surface area contributed by atoms with Gasteiger partial charge in [0.15, 0.2) is 5.75 Å².